The zero-order chi connectivity index (χ0) is 17.1. The van der Waals surface area contributed by atoms with Crippen LogP contribution in [0.25, 0.3) is 0 Å². The van der Waals surface area contributed by atoms with Crippen LogP contribution in [0.4, 0.5) is 13.2 Å². The molecule has 0 N–H and O–H groups in total. The minimum absolute atomic E-state index is 0.0184. The molecule has 0 unspecified atom stereocenters. The van der Waals surface area contributed by atoms with Crippen molar-refractivity contribution >= 4 is 37.5 Å². The average Bonchev–Trinajstić information content (AvgIpc) is 2.46. The highest BCUT2D eigenvalue weighted by Gasteiger charge is 2.36. The Balaban J connectivity index is 2.33. The predicted molar refractivity (Wildman–Crippen MR) is 89.0 cm³/mol. The average molecular weight is 425 g/mol. The van der Waals surface area contributed by atoms with E-state index in [9.17, 15) is 21.6 Å². The molecule has 0 aromatic heterocycles. The lowest BCUT2D eigenvalue weighted by molar-refractivity contribution is -0.0333. The molecule has 124 valence electrons. The van der Waals surface area contributed by atoms with Gasteiger partial charge in [0.25, 0.3) is 0 Å². The van der Waals surface area contributed by atoms with Crippen molar-refractivity contribution in [2.45, 2.75) is 15.7 Å². The SMILES string of the molecule is O=S(=O)(C[C@@H](SC(F)(F)F)c1ccc(Br)cc1)c1ccccc1. The van der Waals surface area contributed by atoms with E-state index < -0.39 is 26.3 Å². The number of rotatable bonds is 5. The second-order valence-corrected chi connectivity index (χ2v) is 8.92. The van der Waals surface area contributed by atoms with E-state index in [1.54, 1.807) is 30.3 Å². The highest BCUT2D eigenvalue weighted by Crippen LogP contribution is 2.43. The first kappa shape index (κ1) is 18.4. The molecule has 23 heavy (non-hydrogen) atoms. The molecule has 0 fully saturated rings. The van der Waals surface area contributed by atoms with Gasteiger partial charge in [0.2, 0.25) is 0 Å². The van der Waals surface area contributed by atoms with Gasteiger partial charge in [0, 0.05) is 4.47 Å². The second-order valence-electron chi connectivity index (χ2n) is 4.70. The summed E-state index contributed by atoms with van der Waals surface area (Å²) in [7, 11) is -3.82. The molecule has 0 heterocycles. The van der Waals surface area contributed by atoms with E-state index in [1.165, 1.54) is 24.3 Å². The summed E-state index contributed by atoms with van der Waals surface area (Å²) < 4.78 is 63.9. The van der Waals surface area contributed by atoms with Crippen LogP contribution in [0.15, 0.2) is 64.0 Å². The van der Waals surface area contributed by atoms with E-state index in [4.69, 9.17) is 0 Å². The number of hydrogen-bond donors (Lipinski definition) is 0. The van der Waals surface area contributed by atoms with Gasteiger partial charge in [-0.05, 0) is 41.6 Å². The Labute approximate surface area is 145 Å². The van der Waals surface area contributed by atoms with Crippen molar-refractivity contribution in [1.82, 2.24) is 0 Å². The molecule has 2 rings (SSSR count). The van der Waals surface area contributed by atoms with Crippen LogP contribution in [0.1, 0.15) is 10.8 Å². The fourth-order valence-corrected chi connectivity index (χ4v) is 5.01. The maximum absolute atomic E-state index is 12.8. The summed E-state index contributed by atoms with van der Waals surface area (Å²) >= 11 is 2.89. The quantitative estimate of drug-likeness (QED) is 0.659. The van der Waals surface area contributed by atoms with E-state index in [0.717, 1.165) is 0 Å². The lowest BCUT2D eigenvalue weighted by Crippen LogP contribution is -2.16. The lowest BCUT2D eigenvalue weighted by Gasteiger charge is -2.19. The van der Waals surface area contributed by atoms with Gasteiger partial charge in [0.1, 0.15) is 0 Å². The van der Waals surface area contributed by atoms with E-state index in [2.05, 4.69) is 15.9 Å². The zero-order valence-corrected chi connectivity index (χ0v) is 14.8. The molecule has 0 saturated heterocycles. The van der Waals surface area contributed by atoms with E-state index >= 15 is 0 Å². The molecule has 0 aliphatic carbocycles. The van der Waals surface area contributed by atoms with Crippen molar-refractivity contribution in [3.8, 4) is 0 Å². The van der Waals surface area contributed by atoms with Gasteiger partial charge in [-0.25, -0.2) is 8.42 Å². The van der Waals surface area contributed by atoms with E-state index in [1.807, 2.05) is 0 Å². The van der Waals surface area contributed by atoms with Crippen molar-refractivity contribution in [3.05, 3.63) is 64.6 Å². The van der Waals surface area contributed by atoms with Crippen LogP contribution in [0.3, 0.4) is 0 Å². The van der Waals surface area contributed by atoms with Gasteiger partial charge >= 0.3 is 5.51 Å². The normalized spacial score (nSPS) is 13.7. The zero-order valence-electron chi connectivity index (χ0n) is 11.6. The third-order valence-electron chi connectivity index (χ3n) is 2.99. The van der Waals surface area contributed by atoms with E-state index in [-0.39, 0.29) is 16.7 Å². The molecule has 0 saturated carbocycles. The standard InChI is InChI=1S/C15H12BrF3O2S2/c16-12-8-6-11(7-9-12)14(22-15(17,18)19)10-23(20,21)13-4-2-1-3-5-13/h1-9,14H,10H2/t14-/m1/s1. The summed E-state index contributed by atoms with van der Waals surface area (Å²) in [4.78, 5) is 0.0184. The Morgan fingerprint density at radius 1 is 1.00 bits per heavy atom. The summed E-state index contributed by atoms with van der Waals surface area (Å²) in [5.41, 5.74) is -4.21. The molecule has 2 aromatic rings. The Morgan fingerprint density at radius 2 is 1.57 bits per heavy atom. The van der Waals surface area contributed by atoms with Crippen LogP contribution in [0, 0.1) is 0 Å². The molecule has 2 nitrogen and oxygen atoms in total. The maximum atomic E-state index is 12.8. The monoisotopic (exact) mass is 424 g/mol. The highest BCUT2D eigenvalue weighted by atomic mass is 79.9. The van der Waals surface area contributed by atoms with Crippen LogP contribution in [-0.2, 0) is 9.84 Å². The first-order valence-corrected chi connectivity index (χ1v) is 9.78. The number of halogens is 4. The van der Waals surface area contributed by atoms with Crippen molar-refractivity contribution < 1.29 is 21.6 Å². The topological polar surface area (TPSA) is 34.1 Å². The minimum Gasteiger partial charge on any atom is -0.224 e. The molecule has 0 bridgehead atoms. The molecule has 8 heteroatoms. The molecule has 2 aromatic carbocycles. The van der Waals surface area contributed by atoms with Crippen LogP contribution in [-0.4, -0.2) is 19.7 Å². The summed E-state index contributed by atoms with van der Waals surface area (Å²) in [6.45, 7) is 0. The summed E-state index contributed by atoms with van der Waals surface area (Å²) in [6, 6.07) is 13.7. The number of benzene rings is 2. The van der Waals surface area contributed by atoms with Gasteiger partial charge in [-0.15, -0.1) is 0 Å². The molecule has 0 aliphatic rings. The van der Waals surface area contributed by atoms with Gasteiger partial charge in [-0.2, -0.15) is 13.2 Å². The fourth-order valence-electron chi connectivity index (χ4n) is 1.96. The van der Waals surface area contributed by atoms with Crippen LogP contribution < -0.4 is 0 Å². The fraction of sp³-hybridized carbons (Fsp3) is 0.200. The van der Waals surface area contributed by atoms with Gasteiger partial charge in [0.05, 0.1) is 15.9 Å². The van der Waals surface area contributed by atoms with Crippen LogP contribution in [0.2, 0.25) is 0 Å². The third-order valence-corrected chi connectivity index (χ3v) is 6.48. The first-order chi connectivity index (χ1) is 10.7. The van der Waals surface area contributed by atoms with Crippen molar-refractivity contribution in [3.63, 3.8) is 0 Å². The van der Waals surface area contributed by atoms with Crippen LogP contribution in [0.5, 0.6) is 0 Å². The molecule has 0 amide bonds. The number of hydrogen-bond acceptors (Lipinski definition) is 3. The Bertz CT molecular complexity index is 745. The Morgan fingerprint density at radius 3 is 2.09 bits per heavy atom. The largest absolute Gasteiger partial charge is 0.442 e. The molecule has 0 radical (unpaired) electrons. The third kappa shape index (κ3) is 5.54. The first-order valence-electron chi connectivity index (χ1n) is 6.45. The maximum Gasteiger partial charge on any atom is 0.442 e. The Hall–Kier alpha value is -0.990. The van der Waals surface area contributed by atoms with Gasteiger partial charge in [0.15, 0.2) is 9.84 Å². The molecular formula is C15H12BrF3O2S2. The molecular weight excluding hydrogens is 413 g/mol. The summed E-state index contributed by atoms with van der Waals surface area (Å²) in [6.07, 6.45) is 0. The number of sulfone groups is 1. The van der Waals surface area contributed by atoms with E-state index in [0.29, 0.717) is 10.0 Å². The molecule has 0 aliphatic heterocycles. The van der Waals surface area contributed by atoms with Crippen molar-refractivity contribution in [2.75, 3.05) is 5.75 Å². The van der Waals surface area contributed by atoms with Crippen molar-refractivity contribution in [1.29, 1.82) is 0 Å². The van der Waals surface area contributed by atoms with Gasteiger partial charge < -0.3 is 0 Å². The lowest BCUT2D eigenvalue weighted by atomic mass is 10.2. The molecule has 1 atom stereocenters. The minimum atomic E-state index is -4.52. The number of thioether (sulfide) groups is 1. The summed E-state index contributed by atoms with van der Waals surface area (Å²) in [5, 5.41) is -1.23. The predicted octanol–water partition coefficient (Wildman–Crippen LogP) is 5.22. The highest BCUT2D eigenvalue weighted by molar-refractivity contribution is 9.10. The second kappa shape index (κ2) is 7.27. The summed E-state index contributed by atoms with van der Waals surface area (Å²) in [5.74, 6) is -0.622. The molecule has 0 spiro atoms. The van der Waals surface area contributed by atoms with Crippen molar-refractivity contribution in [2.24, 2.45) is 0 Å². The van der Waals surface area contributed by atoms with Crippen LogP contribution >= 0.6 is 27.7 Å². The number of alkyl halides is 3. The van der Waals surface area contributed by atoms with Gasteiger partial charge in [-0.1, -0.05) is 46.3 Å². The van der Waals surface area contributed by atoms with Gasteiger partial charge in [-0.3, -0.25) is 0 Å². The Kier molecular flexibility index (Phi) is 5.80. The smallest absolute Gasteiger partial charge is 0.224 e.